The third-order valence-corrected chi connectivity index (χ3v) is 2.64. The van der Waals surface area contributed by atoms with Crippen molar-refractivity contribution in [3.63, 3.8) is 0 Å². The molecule has 0 unspecified atom stereocenters. The van der Waals surface area contributed by atoms with Crippen LogP contribution in [0.2, 0.25) is 5.82 Å². The molecule has 3 N–H and O–H groups in total. The van der Waals surface area contributed by atoms with Crippen LogP contribution in [0, 0.1) is 0 Å². The second kappa shape index (κ2) is 6.45. The summed E-state index contributed by atoms with van der Waals surface area (Å²) in [5.41, 5.74) is 0. The van der Waals surface area contributed by atoms with Crippen LogP contribution >= 0.6 is 0 Å². The molecule has 15 heavy (non-hydrogen) atoms. The van der Waals surface area contributed by atoms with Crippen molar-refractivity contribution in [2.45, 2.75) is 30.5 Å². The van der Waals surface area contributed by atoms with E-state index < -0.39 is 12.2 Å². The van der Waals surface area contributed by atoms with E-state index in [2.05, 4.69) is 0 Å². The van der Waals surface area contributed by atoms with Gasteiger partial charge in [0.2, 0.25) is 0 Å². The maximum Gasteiger partial charge on any atom is 0.111 e. The predicted octanol–water partition coefficient (Wildman–Crippen LogP) is -2.07. The van der Waals surface area contributed by atoms with Gasteiger partial charge in [-0.2, -0.15) is 0 Å². The van der Waals surface area contributed by atoms with Crippen LogP contribution in [0.5, 0.6) is 0 Å². The monoisotopic (exact) mass is 218 g/mol. The molecule has 0 bridgehead atoms. The summed E-state index contributed by atoms with van der Waals surface area (Å²) in [5.74, 6) is 0.0986. The Morgan fingerprint density at radius 2 is 2.13 bits per heavy atom. The van der Waals surface area contributed by atoms with E-state index in [0.29, 0.717) is 19.6 Å². The Labute approximate surface area is 90.4 Å². The van der Waals surface area contributed by atoms with Gasteiger partial charge < -0.3 is 24.8 Å². The molecule has 1 aliphatic rings. The molecule has 4 atom stereocenters. The van der Waals surface area contributed by atoms with E-state index in [9.17, 15) is 5.11 Å². The van der Waals surface area contributed by atoms with E-state index >= 15 is 0 Å². The Bertz CT molecular complexity index is 180. The molecule has 0 aromatic rings. The van der Waals surface area contributed by atoms with Gasteiger partial charge in [0.05, 0.1) is 12.7 Å². The van der Waals surface area contributed by atoms with Gasteiger partial charge in [0.1, 0.15) is 20.1 Å². The number of rotatable bonds is 5. The molecule has 1 saturated heterocycles. The summed E-state index contributed by atoms with van der Waals surface area (Å²) in [6, 6.07) is 0. The molecule has 1 heterocycles. The molecule has 0 aliphatic carbocycles. The fourth-order valence-electron chi connectivity index (χ4n) is 1.72. The quantitative estimate of drug-likeness (QED) is 0.365. The van der Waals surface area contributed by atoms with Gasteiger partial charge in [-0.05, 0) is 12.2 Å². The molecule has 1 aliphatic heterocycles. The zero-order valence-electron chi connectivity index (χ0n) is 9.00. The average Bonchev–Trinajstić information content (AvgIpc) is 2.23. The number of hydrogen-bond acceptors (Lipinski definition) is 5. The summed E-state index contributed by atoms with van der Waals surface area (Å²) in [4.78, 5) is 0. The first-order valence-electron chi connectivity index (χ1n) is 5.33. The van der Waals surface area contributed by atoms with Crippen molar-refractivity contribution in [1.29, 1.82) is 0 Å². The second-order valence-corrected chi connectivity index (χ2v) is 3.93. The lowest BCUT2D eigenvalue weighted by molar-refractivity contribution is -0.164. The summed E-state index contributed by atoms with van der Waals surface area (Å²) in [7, 11) is 1.93. The minimum absolute atomic E-state index is 0.0805. The lowest BCUT2D eigenvalue weighted by Gasteiger charge is -2.38. The van der Waals surface area contributed by atoms with Crippen molar-refractivity contribution in [3.05, 3.63) is 0 Å². The van der Waals surface area contributed by atoms with Gasteiger partial charge in [-0.1, -0.05) is 0 Å². The standard InChI is InChI=1S/C9H19BO5/c10-6-5-15-7(4-12)8(13)9(6)14-3-1-2-11/h6-9,11-13H,1-5,10H2/t6-,7-,8-,9+/m1/s1. The third-order valence-electron chi connectivity index (χ3n) is 2.64. The van der Waals surface area contributed by atoms with Gasteiger partial charge in [0.15, 0.2) is 0 Å². The smallest absolute Gasteiger partial charge is 0.111 e. The molecule has 0 aromatic carbocycles. The van der Waals surface area contributed by atoms with Crippen LogP contribution in [0.4, 0.5) is 0 Å². The Morgan fingerprint density at radius 3 is 2.73 bits per heavy atom. The number of aliphatic hydroxyl groups is 3. The normalized spacial score (nSPS) is 36.7. The molecule has 5 nitrogen and oxygen atoms in total. The summed E-state index contributed by atoms with van der Waals surface area (Å²) < 4.78 is 10.7. The molecule has 0 amide bonds. The van der Waals surface area contributed by atoms with Crippen molar-refractivity contribution >= 4 is 7.85 Å². The highest BCUT2D eigenvalue weighted by atomic mass is 16.5. The Balaban J connectivity index is 2.42. The highest BCUT2D eigenvalue weighted by molar-refractivity contribution is 6.12. The van der Waals surface area contributed by atoms with Gasteiger partial charge in [-0.15, -0.1) is 0 Å². The van der Waals surface area contributed by atoms with Crippen LogP contribution in [0.1, 0.15) is 6.42 Å². The summed E-state index contributed by atoms with van der Waals surface area (Å²) >= 11 is 0. The molecule has 1 rings (SSSR count). The maximum absolute atomic E-state index is 9.83. The molecule has 6 heteroatoms. The lowest BCUT2D eigenvalue weighted by atomic mass is 9.78. The largest absolute Gasteiger partial charge is 0.396 e. The highest BCUT2D eigenvalue weighted by Crippen LogP contribution is 2.25. The van der Waals surface area contributed by atoms with E-state index in [1.807, 2.05) is 7.85 Å². The molecular formula is C9H19BO5. The summed E-state index contributed by atoms with van der Waals surface area (Å²) in [6.45, 7) is 0.775. The molecular weight excluding hydrogens is 199 g/mol. The van der Waals surface area contributed by atoms with E-state index in [4.69, 9.17) is 19.7 Å². The van der Waals surface area contributed by atoms with Gasteiger partial charge in [0.25, 0.3) is 0 Å². The Morgan fingerprint density at radius 1 is 1.40 bits per heavy atom. The summed E-state index contributed by atoms with van der Waals surface area (Å²) in [5, 5.41) is 27.4. The van der Waals surface area contributed by atoms with Crippen LogP contribution in [-0.2, 0) is 9.47 Å². The van der Waals surface area contributed by atoms with Gasteiger partial charge in [0, 0.05) is 19.8 Å². The first-order chi connectivity index (χ1) is 7.20. The van der Waals surface area contributed by atoms with E-state index in [1.54, 1.807) is 0 Å². The average molecular weight is 218 g/mol. The Hall–Kier alpha value is -0.135. The molecule has 0 aromatic heterocycles. The Kier molecular flexibility index (Phi) is 5.56. The van der Waals surface area contributed by atoms with Crippen LogP contribution < -0.4 is 0 Å². The zero-order chi connectivity index (χ0) is 11.3. The third kappa shape index (κ3) is 3.43. The zero-order valence-corrected chi connectivity index (χ0v) is 9.00. The first kappa shape index (κ1) is 12.9. The minimum Gasteiger partial charge on any atom is -0.396 e. The van der Waals surface area contributed by atoms with Gasteiger partial charge in [-0.25, -0.2) is 0 Å². The predicted molar refractivity (Wildman–Crippen MR) is 56.6 cm³/mol. The molecule has 88 valence electrons. The van der Waals surface area contributed by atoms with E-state index in [0.717, 1.165) is 0 Å². The number of aliphatic hydroxyl groups excluding tert-OH is 3. The highest BCUT2D eigenvalue weighted by Gasteiger charge is 2.37. The van der Waals surface area contributed by atoms with Crippen molar-refractivity contribution in [1.82, 2.24) is 0 Å². The van der Waals surface area contributed by atoms with Crippen LogP contribution in [0.25, 0.3) is 0 Å². The molecule has 1 fully saturated rings. The van der Waals surface area contributed by atoms with E-state index in [-0.39, 0.29) is 25.1 Å². The van der Waals surface area contributed by atoms with Crippen LogP contribution in [0.3, 0.4) is 0 Å². The molecule has 0 saturated carbocycles. The minimum atomic E-state index is -0.794. The SMILES string of the molecule is B[C@@H]1CO[C@H](CO)[C@@H](O)[C@H]1OCCCO. The van der Waals surface area contributed by atoms with Crippen molar-refractivity contribution in [3.8, 4) is 0 Å². The van der Waals surface area contributed by atoms with Crippen molar-refractivity contribution in [2.75, 3.05) is 26.4 Å². The topological polar surface area (TPSA) is 79.2 Å². The first-order valence-corrected chi connectivity index (χ1v) is 5.33. The fraction of sp³-hybridized carbons (Fsp3) is 1.00. The van der Waals surface area contributed by atoms with Crippen LogP contribution in [-0.4, -0.2) is 67.9 Å². The van der Waals surface area contributed by atoms with Crippen LogP contribution in [0.15, 0.2) is 0 Å². The summed E-state index contributed by atoms with van der Waals surface area (Å²) in [6.07, 6.45) is -1.11. The second-order valence-electron chi connectivity index (χ2n) is 3.93. The van der Waals surface area contributed by atoms with Gasteiger partial charge in [-0.3, -0.25) is 0 Å². The number of ether oxygens (including phenoxy) is 2. The lowest BCUT2D eigenvalue weighted by Crippen LogP contribution is -2.50. The fourth-order valence-corrected chi connectivity index (χ4v) is 1.72. The molecule has 0 spiro atoms. The van der Waals surface area contributed by atoms with Crippen molar-refractivity contribution in [2.24, 2.45) is 0 Å². The maximum atomic E-state index is 9.83. The molecule has 0 radical (unpaired) electrons. The van der Waals surface area contributed by atoms with E-state index in [1.165, 1.54) is 0 Å². The number of hydrogen-bond donors (Lipinski definition) is 3. The van der Waals surface area contributed by atoms with Gasteiger partial charge >= 0.3 is 0 Å². The van der Waals surface area contributed by atoms with Crippen molar-refractivity contribution < 1.29 is 24.8 Å².